The van der Waals surface area contributed by atoms with Gasteiger partial charge in [0.25, 0.3) is 5.82 Å². The fraction of sp³-hybridized carbons (Fsp3) is 0.400. The van der Waals surface area contributed by atoms with Crippen LogP contribution in [-0.4, -0.2) is 18.6 Å². The fourth-order valence-corrected chi connectivity index (χ4v) is 5.07. The second kappa shape index (κ2) is 7.09. The Morgan fingerprint density at radius 3 is 2.14 bits per heavy atom. The van der Waals surface area contributed by atoms with Crippen LogP contribution in [0, 0.1) is 13.8 Å². The van der Waals surface area contributed by atoms with Crippen LogP contribution in [0.4, 0.5) is 5.69 Å². The maximum Gasteiger partial charge on any atom is 0.537 e. The number of hydrogen-bond acceptors (Lipinski definition) is 1. The summed E-state index contributed by atoms with van der Waals surface area (Å²) in [5, 5.41) is 0. The van der Waals surface area contributed by atoms with Crippen molar-refractivity contribution in [1.29, 1.82) is 0 Å². The monoisotopic (exact) mass is 386 g/mol. The van der Waals surface area contributed by atoms with Gasteiger partial charge in [0, 0.05) is 11.2 Å². The number of hydrogen-bond donors (Lipinski definition) is 0. The topological polar surface area (TPSA) is 12.1 Å². The maximum absolute atomic E-state index is 2.48. The zero-order chi connectivity index (χ0) is 21.0. The van der Waals surface area contributed by atoms with E-state index in [2.05, 4.69) is 112 Å². The minimum atomic E-state index is 0.149. The number of imidazole rings is 1. The Balaban J connectivity index is 2.07. The molecular formula is C25H33BN3+. The van der Waals surface area contributed by atoms with E-state index in [0.29, 0.717) is 11.8 Å². The van der Waals surface area contributed by atoms with E-state index in [1.54, 1.807) is 0 Å². The first kappa shape index (κ1) is 19.8. The molecule has 2 heterocycles. The van der Waals surface area contributed by atoms with Gasteiger partial charge < -0.3 is 4.81 Å². The van der Waals surface area contributed by atoms with E-state index in [1.165, 1.54) is 44.8 Å². The van der Waals surface area contributed by atoms with Crippen molar-refractivity contribution >= 4 is 18.1 Å². The Hall–Kier alpha value is -2.49. The third-order valence-electron chi connectivity index (χ3n) is 6.40. The van der Waals surface area contributed by atoms with Gasteiger partial charge in [-0.2, -0.15) is 0 Å². The average molecular weight is 386 g/mol. The van der Waals surface area contributed by atoms with Crippen LogP contribution in [0.15, 0.2) is 42.7 Å². The molecule has 0 saturated carbocycles. The number of benzene rings is 2. The van der Waals surface area contributed by atoms with E-state index in [4.69, 9.17) is 0 Å². The number of fused-ring (bicyclic) bond motifs is 3. The van der Waals surface area contributed by atoms with Gasteiger partial charge in [-0.3, -0.25) is 4.48 Å². The Labute approximate surface area is 176 Å². The van der Waals surface area contributed by atoms with Gasteiger partial charge in [-0.25, -0.2) is 4.57 Å². The highest BCUT2D eigenvalue weighted by atomic mass is 15.2. The van der Waals surface area contributed by atoms with Gasteiger partial charge in [-0.1, -0.05) is 52.0 Å². The number of nitrogens with zero attached hydrogens (tertiary/aromatic N) is 3. The van der Waals surface area contributed by atoms with Crippen LogP contribution >= 0.6 is 0 Å². The maximum atomic E-state index is 2.48. The van der Waals surface area contributed by atoms with Gasteiger partial charge in [-0.05, 0) is 61.1 Å². The predicted octanol–water partition coefficient (Wildman–Crippen LogP) is 4.54. The molecule has 0 fully saturated rings. The van der Waals surface area contributed by atoms with Gasteiger partial charge in [0.2, 0.25) is 0 Å². The molecule has 0 saturated heterocycles. The van der Waals surface area contributed by atoms with Crippen LogP contribution in [0.5, 0.6) is 0 Å². The first-order valence-corrected chi connectivity index (χ1v) is 10.8. The number of rotatable bonds is 3. The lowest BCUT2D eigenvalue weighted by Gasteiger charge is -2.34. The van der Waals surface area contributed by atoms with Crippen molar-refractivity contribution in [3.05, 3.63) is 65.0 Å². The zero-order valence-electron chi connectivity index (χ0n) is 19.1. The molecule has 0 amide bonds. The summed E-state index contributed by atoms with van der Waals surface area (Å²) in [4.78, 5) is 2.48. The van der Waals surface area contributed by atoms with Crippen LogP contribution < -0.4 is 14.8 Å². The summed E-state index contributed by atoms with van der Waals surface area (Å²) >= 11 is 0. The summed E-state index contributed by atoms with van der Waals surface area (Å²) in [6.07, 6.45) is 4.44. The Bertz CT molecular complexity index is 1050. The van der Waals surface area contributed by atoms with E-state index in [1.807, 2.05) is 0 Å². The highest BCUT2D eigenvalue weighted by Crippen LogP contribution is 2.36. The van der Waals surface area contributed by atoms with Crippen molar-refractivity contribution in [3.63, 3.8) is 0 Å². The summed E-state index contributed by atoms with van der Waals surface area (Å²) < 4.78 is 4.74. The lowest BCUT2D eigenvalue weighted by Crippen LogP contribution is -2.71. The fourth-order valence-electron chi connectivity index (χ4n) is 5.07. The molecule has 1 aliphatic rings. The van der Waals surface area contributed by atoms with Crippen molar-refractivity contribution in [3.8, 4) is 11.4 Å². The molecule has 0 radical (unpaired) electrons. The van der Waals surface area contributed by atoms with Crippen LogP contribution in [-0.2, 0) is 7.05 Å². The highest BCUT2D eigenvalue weighted by Gasteiger charge is 2.45. The molecule has 29 heavy (non-hydrogen) atoms. The Morgan fingerprint density at radius 1 is 0.931 bits per heavy atom. The molecule has 0 unspecified atom stereocenters. The van der Waals surface area contributed by atoms with E-state index in [9.17, 15) is 0 Å². The predicted molar refractivity (Wildman–Crippen MR) is 124 cm³/mol. The molecule has 0 atom stereocenters. The highest BCUT2D eigenvalue weighted by molar-refractivity contribution is 6.70. The molecule has 0 bridgehead atoms. The first-order valence-electron chi connectivity index (χ1n) is 10.8. The van der Waals surface area contributed by atoms with Gasteiger partial charge in [0.15, 0.2) is 0 Å². The molecule has 2 aromatic carbocycles. The van der Waals surface area contributed by atoms with E-state index in [-0.39, 0.29) is 6.98 Å². The molecule has 0 aliphatic carbocycles. The molecule has 150 valence electrons. The molecule has 3 aromatic rings. The van der Waals surface area contributed by atoms with Gasteiger partial charge in [-0.15, -0.1) is 0 Å². The number of aryl methyl sites for hydroxylation is 3. The quantitative estimate of drug-likeness (QED) is 0.602. The van der Waals surface area contributed by atoms with Crippen LogP contribution in [0.25, 0.3) is 11.4 Å². The molecular weight excluding hydrogens is 353 g/mol. The summed E-state index contributed by atoms with van der Waals surface area (Å²) in [5.74, 6) is 2.24. The van der Waals surface area contributed by atoms with Crippen molar-refractivity contribution < 1.29 is 4.48 Å². The van der Waals surface area contributed by atoms with E-state index in [0.717, 1.165) is 0 Å². The summed E-state index contributed by atoms with van der Waals surface area (Å²) in [6, 6.07) is 11.5. The standard InChI is InChI=1S/C25H33BN3/c1-16(2)20-10-9-11-21(17(3)4)24(20)26-28(8)22-15-18(5)14-19(6)23(22)25-27(7)12-13-29(25)26/h9-17H,1-8H3/q+1. The molecule has 0 N–H and O–H groups in total. The lowest BCUT2D eigenvalue weighted by atomic mass is 9.58. The Kier molecular flexibility index (Phi) is 4.84. The molecule has 1 aromatic heterocycles. The summed E-state index contributed by atoms with van der Waals surface area (Å²) in [5.41, 5.74) is 9.67. The number of anilines is 1. The van der Waals surface area contributed by atoms with Gasteiger partial charge in [0.1, 0.15) is 12.4 Å². The van der Waals surface area contributed by atoms with Crippen LogP contribution in [0.1, 0.15) is 61.8 Å². The summed E-state index contributed by atoms with van der Waals surface area (Å²) in [6.45, 7) is 13.8. The summed E-state index contributed by atoms with van der Waals surface area (Å²) in [7, 11) is 4.42. The molecule has 3 nitrogen and oxygen atoms in total. The van der Waals surface area contributed by atoms with E-state index < -0.39 is 0 Å². The largest absolute Gasteiger partial charge is 0.537 e. The molecule has 0 spiro atoms. The van der Waals surface area contributed by atoms with Crippen molar-refractivity contribution in [1.82, 2.24) is 4.57 Å². The Morgan fingerprint density at radius 2 is 1.55 bits per heavy atom. The zero-order valence-corrected chi connectivity index (χ0v) is 19.1. The SMILES string of the molecule is Cc1cc(C)c2c(c1)N(C)B(c1c(C(C)C)cccc1C(C)C)[n+]1ccn(C)c1-2. The van der Waals surface area contributed by atoms with Gasteiger partial charge >= 0.3 is 6.98 Å². The second-order valence-corrected chi connectivity index (χ2v) is 9.26. The van der Waals surface area contributed by atoms with Crippen LogP contribution in [0.2, 0.25) is 0 Å². The molecule has 1 aliphatic heterocycles. The van der Waals surface area contributed by atoms with E-state index >= 15 is 0 Å². The van der Waals surface area contributed by atoms with Crippen molar-refractivity contribution in [2.24, 2.45) is 7.05 Å². The smallest absolute Gasteiger partial charge is 0.372 e. The van der Waals surface area contributed by atoms with Crippen molar-refractivity contribution in [2.45, 2.75) is 53.4 Å². The second-order valence-electron chi connectivity index (χ2n) is 9.26. The third kappa shape index (κ3) is 3.01. The lowest BCUT2D eigenvalue weighted by molar-refractivity contribution is -0.523. The number of aromatic nitrogens is 2. The minimum Gasteiger partial charge on any atom is -0.372 e. The average Bonchev–Trinajstić information content (AvgIpc) is 3.02. The third-order valence-corrected chi connectivity index (χ3v) is 6.40. The molecule has 4 heteroatoms. The van der Waals surface area contributed by atoms with Crippen LogP contribution in [0.3, 0.4) is 0 Å². The normalized spacial score (nSPS) is 13.3. The van der Waals surface area contributed by atoms with Gasteiger partial charge in [0.05, 0.1) is 12.6 Å². The molecule has 4 rings (SSSR count). The first-order chi connectivity index (χ1) is 13.7. The minimum absolute atomic E-state index is 0.149. The van der Waals surface area contributed by atoms with Crippen molar-refractivity contribution in [2.75, 3.05) is 11.9 Å².